The van der Waals surface area contributed by atoms with E-state index in [9.17, 15) is 0 Å². The standard InChI is InChI=1S/C14H26N2O2/c1-5-6-12(4)17-10-14-7-13(16-18-14)9-15-8-11(2)3/h7,11-12,15H,5-6,8-10H2,1-4H3. The van der Waals surface area contributed by atoms with Crippen molar-refractivity contribution in [2.45, 2.75) is 59.8 Å². The minimum atomic E-state index is 0.280. The molecule has 1 unspecified atom stereocenters. The van der Waals surface area contributed by atoms with Gasteiger partial charge in [0, 0.05) is 12.6 Å². The molecule has 1 rings (SSSR count). The van der Waals surface area contributed by atoms with Crippen molar-refractivity contribution in [2.24, 2.45) is 5.92 Å². The molecule has 104 valence electrons. The summed E-state index contributed by atoms with van der Waals surface area (Å²) in [7, 11) is 0. The first-order valence-corrected chi connectivity index (χ1v) is 6.88. The fraction of sp³-hybridized carbons (Fsp3) is 0.786. The summed E-state index contributed by atoms with van der Waals surface area (Å²) in [5.74, 6) is 1.45. The average Bonchev–Trinajstić information content (AvgIpc) is 2.74. The van der Waals surface area contributed by atoms with Gasteiger partial charge in [-0.1, -0.05) is 32.3 Å². The second-order valence-electron chi connectivity index (χ2n) is 5.22. The maximum Gasteiger partial charge on any atom is 0.162 e. The smallest absolute Gasteiger partial charge is 0.162 e. The van der Waals surface area contributed by atoms with Crippen molar-refractivity contribution in [3.63, 3.8) is 0 Å². The van der Waals surface area contributed by atoms with Crippen LogP contribution in [0, 0.1) is 5.92 Å². The first-order valence-electron chi connectivity index (χ1n) is 6.88. The van der Waals surface area contributed by atoms with Gasteiger partial charge in [-0.05, 0) is 25.8 Å². The predicted molar refractivity (Wildman–Crippen MR) is 72.2 cm³/mol. The van der Waals surface area contributed by atoms with E-state index in [1.165, 1.54) is 0 Å². The summed E-state index contributed by atoms with van der Waals surface area (Å²) in [6.07, 6.45) is 2.50. The average molecular weight is 254 g/mol. The number of ether oxygens (including phenoxy) is 1. The summed E-state index contributed by atoms with van der Waals surface area (Å²) in [4.78, 5) is 0. The molecular formula is C14H26N2O2. The van der Waals surface area contributed by atoms with Crippen LogP contribution in [0.4, 0.5) is 0 Å². The van der Waals surface area contributed by atoms with Crippen LogP contribution in [-0.4, -0.2) is 17.8 Å². The Bertz CT molecular complexity index is 323. The van der Waals surface area contributed by atoms with Gasteiger partial charge in [0.15, 0.2) is 5.76 Å². The van der Waals surface area contributed by atoms with E-state index >= 15 is 0 Å². The number of nitrogens with zero attached hydrogens (tertiary/aromatic N) is 1. The molecule has 0 bridgehead atoms. The molecule has 1 heterocycles. The molecule has 1 aromatic heterocycles. The predicted octanol–water partition coefficient (Wildman–Crippen LogP) is 3.13. The zero-order chi connectivity index (χ0) is 13.4. The Morgan fingerprint density at radius 3 is 2.83 bits per heavy atom. The van der Waals surface area contributed by atoms with Crippen molar-refractivity contribution in [1.29, 1.82) is 0 Å². The lowest BCUT2D eigenvalue weighted by molar-refractivity contribution is 0.0344. The summed E-state index contributed by atoms with van der Waals surface area (Å²) in [5, 5.41) is 7.36. The first kappa shape index (κ1) is 15.2. The Morgan fingerprint density at radius 1 is 1.39 bits per heavy atom. The van der Waals surface area contributed by atoms with Crippen LogP contribution in [0.1, 0.15) is 52.0 Å². The van der Waals surface area contributed by atoms with Crippen molar-refractivity contribution in [3.8, 4) is 0 Å². The van der Waals surface area contributed by atoms with E-state index in [-0.39, 0.29) is 6.10 Å². The molecule has 0 aliphatic rings. The molecule has 1 aromatic rings. The highest BCUT2D eigenvalue weighted by atomic mass is 16.5. The lowest BCUT2D eigenvalue weighted by Gasteiger charge is -2.09. The Labute approximate surface area is 110 Å². The second kappa shape index (κ2) is 8.27. The van der Waals surface area contributed by atoms with Crippen LogP contribution in [0.2, 0.25) is 0 Å². The van der Waals surface area contributed by atoms with Crippen LogP contribution < -0.4 is 5.32 Å². The third-order valence-electron chi connectivity index (χ3n) is 2.67. The van der Waals surface area contributed by atoms with Gasteiger partial charge in [-0.3, -0.25) is 0 Å². The lowest BCUT2D eigenvalue weighted by atomic mass is 10.2. The fourth-order valence-electron chi connectivity index (χ4n) is 1.71. The lowest BCUT2D eigenvalue weighted by Crippen LogP contribution is -2.19. The summed E-state index contributed by atoms with van der Waals surface area (Å²) >= 11 is 0. The van der Waals surface area contributed by atoms with Crippen molar-refractivity contribution >= 4 is 0 Å². The summed E-state index contributed by atoms with van der Waals surface area (Å²) in [5.41, 5.74) is 0.942. The Balaban J connectivity index is 2.25. The van der Waals surface area contributed by atoms with E-state index in [2.05, 4.69) is 38.2 Å². The maximum absolute atomic E-state index is 5.67. The molecule has 4 heteroatoms. The number of hydrogen-bond acceptors (Lipinski definition) is 4. The molecule has 1 N–H and O–H groups in total. The van der Waals surface area contributed by atoms with Gasteiger partial charge in [0.05, 0.1) is 11.8 Å². The molecule has 0 aliphatic carbocycles. The van der Waals surface area contributed by atoms with Gasteiger partial charge in [0.25, 0.3) is 0 Å². The van der Waals surface area contributed by atoms with Gasteiger partial charge in [-0.15, -0.1) is 0 Å². The van der Waals surface area contributed by atoms with E-state index in [1.807, 2.05) is 6.07 Å². The van der Waals surface area contributed by atoms with Crippen LogP contribution in [0.25, 0.3) is 0 Å². The van der Waals surface area contributed by atoms with Gasteiger partial charge in [-0.2, -0.15) is 0 Å². The summed E-state index contributed by atoms with van der Waals surface area (Å²) in [6.45, 7) is 10.9. The quantitative estimate of drug-likeness (QED) is 0.735. The number of hydrogen-bond donors (Lipinski definition) is 1. The fourth-order valence-corrected chi connectivity index (χ4v) is 1.71. The van der Waals surface area contributed by atoms with Crippen LogP contribution in [0.15, 0.2) is 10.6 Å². The zero-order valence-corrected chi connectivity index (χ0v) is 12.0. The van der Waals surface area contributed by atoms with Gasteiger partial charge in [0.2, 0.25) is 0 Å². The minimum absolute atomic E-state index is 0.280. The van der Waals surface area contributed by atoms with E-state index in [0.29, 0.717) is 12.5 Å². The van der Waals surface area contributed by atoms with Crippen molar-refractivity contribution in [3.05, 3.63) is 17.5 Å². The molecule has 0 saturated heterocycles. The molecule has 0 fully saturated rings. The summed E-state index contributed by atoms with van der Waals surface area (Å²) < 4.78 is 10.9. The van der Waals surface area contributed by atoms with Crippen LogP contribution in [0.3, 0.4) is 0 Å². The number of nitrogens with one attached hydrogen (secondary N) is 1. The Kier molecular flexibility index (Phi) is 6.98. The van der Waals surface area contributed by atoms with Crippen LogP contribution in [-0.2, 0) is 17.9 Å². The molecule has 4 nitrogen and oxygen atoms in total. The largest absolute Gasteiger partial charge is 0.370 e. The van der Waals surface area contributed by atoms with Crippen molar-refractivity contribution in [2.75, 3.05) is 6.54 Å². The molecule has 0 aromatic carbocycles. The normalized spacial score (nSPS) is 13.2. The van der Waals surface area contributed by atoms with Crippen molar-refractivity contribution in [1.82, 2.24) is 10.5 Å². The van der Waals surface area contributed by atoms with Gasteiger partial charge in [-0.25, -0.2) is 0 Å². The van der Waals surface area contributed by atoms with E-state index in [1.54, 1.807) is 0 Å². The molecule has 0 spiro atoms. The van der Waals surface area contributed by atoms with E-state index in [4.69, 9.17) is 9.26 Å². The highest BCUT2D eigenvalue weighted by Gasteiger charge is 2.07. The SMILES string of the molecule is CCCC(C)OCc1cc(CNCC(C)C)no1. The third-order valence-corrected chi connectivity index (χ3v) is 2.67. The van der Waals surface area contributed by atoms with Crippen molar-refractivity contribution < 1.29 is 9.26 Å². The third kappa shape index (κ3) is 6.17. The number of aromatic nitrogens is 1. The molecule has 0 amide bonds. The highest BCUT2D eigenvalue weighted by molar-refractivity contribution is 5.04. The summed E-state index contributed by atoms with van der Waals surface area (Å²) in [6, 6.07) is 1.96. The molecule has 0 saturated carbocycles. The van der Waals surface area contributed by atoms with Gasteiger partial charge in [0.1, 0.15) is 6.61 Å². The first-order chi connectivity index (χ1) is 8.61. The Hall–Kier alpha value is -0.870. The molecule has 0 radical (unpaired) electrons. The maximum atomic E-state index is 5.67. The zero-order valence-electron chi connectivity index (χ0n) is 12.0. The monoisotopic (exact) mass is 254 g/mol. The van der Waals surface area contributed by atoms with Crippen LogP contribution >= 0.6 is 0 Å². The van der Waals surface area contributed by atoms with Gasteiger partial charge >= 0.3 is 0 Å². The molecule has 1 atom stereocenters. The molecule has 0 aliphatic heterocycles. The van der Waals surface area contributed by atoms with Gasteiger partial charge < -0.3 is 14.6 Å². The topological polar surface area (TPSA) is 47.3 Å². The Morgan fingerprint density at radius 2 is 2.17 bits per heavy atom. The highest BCUT2D eigenvalue weighted by Crippen LogP contribution is 2.09. The molecule has 18 heavy (non-hydrogen) atoms. The van der Waals surface area contributed by atoms with Crippen LogP contribution in [0.5, 0.6) is 0 Å². The minimum Gasteiger partial charge on any atom is -0.370 e. The van der Waals surface area contributed by atoms with E-state index < -0.39 is 0 Å². The number of rotatable bonds is 9. The molecular weight excluding hydrogens is 228 g/mol. The van der Waals surface area contributed by atoms with E-state index in [0.717, 1.165) is 37.4 Å². The second-order valence-corrected chi connectivity index (χ2v) is 5.22.